The maximum absolute atomic E-state index is 13.1. The van der Waals surface area contributed by atoms with Crippen molar-refractivity contribution in [2.75, 3.05) is 32.8 Å². The molecule has 3 aliphatic rings. The van der Waals surface area contributed by atoms with Gasteiger partial charge in [-0.2, -0.15) is 0 Å². The average molecular weight is 346 g/mol. The first-order chi connectivity index (χ1) is 12.1. The van der Waals surface area contributed by atoms with Gasteiger partial charge in [-0.1, -0.05) is 12.1 Å². The predicted molar refractivity (Wildman–Crippen MR) is 89.1 cm³/mol. The van der Waals surface area contributed by atoms with Crippen molar-refractivity contribution in [1.82, 2.24) is 9.80 Å². The molecule has 1 saturated carbocycles. The number of likely N-dealkylation sites (tertiary alicyclic amines) is 1. The summed E-state index contributed by atoms with van der Waals surface area (Å²) < 4.78 is 18.8. The molecule has 2 atom stereocenters. The summed E-state index contributed by atoms with van der Waals surface area (Å²) in [5.41, 5.74) is 0.872. The number of amides is 2. The minimum Gasteiger partial charge on any atom is -0.370 e. The van der Waals surface area contributed by atoms with Crippen LogP contribution in [0.5, 0.6) is 0 Å². The Balaban J connectivity index is 1.38. The second kappa shape index (κ2) is 6.75. The molecule has 25 heavy (non-hydrogen) atoms. The fourth-order valence-electron chi connectivity index (χ4n) is 3.71. The zero-order valence-corrected chi connectivity index (χ0v) is 14.2. The third kappa shape index (κ3) is 3.68. The number of halogens is 1. The number of hydrogen-bond acceptors (Lipinski definition) is 3. The van der Waals surface area contributed by atoms with Gasteiger partial charge in [0.2, 0.25) is 11.8 Å². The largest absolute Gasteiger partial charge is 0.370 e. The van der Waals surface area contributed by atoms with E-state index in [1.165, 1.54) is 25.0 Å². The van der Waals surface area contributed by atoms with Crippen LogP contribution in [0.15, 0.2) is 24.3 Å². The van der Waals surface area contributed by atoms with Gasteiger partial charge in [0.1, 0.15) is 11.9 Å². The SMILES string of the molecule is O=C1C[C@H](C(=O)N2CCO[C@@H](c3ccc(F)cc3)C2)CN1CC1CC1. The lowest BCUT2D eigenvalue weighted by atomic mass is 10.0. The van der Waals surface area contributed by atoms with Crippen LogP contribution < -0.4 is 0 Å². The zero-order chi connectivity index (χ0) is 17.4. The summed E-state index contributed by atoms with van der Waals surface area (Å²) in [7, 11) is 0. The highest BCUT2D eigenvalue weighted by Gasteiger charge is 2.39. The van der Waals surface area contributed by atoms with E-state index in [0.29, 0.717) is 38.6 Å². The van der Waals surface area contributed by atoms with Gasteiger partial charge in [-0.3, -0.25) is 9.59 Å². The maximum atomic E-state index is 13.1. The quantitative estimate of drug-likeness (QED) is 0.838. The molecular weight excluding hydrogens is 323 g/mol. The van der Waals surface area contributed by atoms with Crippen molar-refractivity contribution in [3.05, 3.63) is 35.6 Å². The van der Waals surface area contributed by atoms with Gasteiger partial charge < -0.3 is 14.5 Å². The summed E-state index contributed by atoms with van der Waals surface area (Å²) in [6, 6.07) is 6.21. The van der Waals surface area contributed by atoms with Crippen molar-refractivity contribution in [3.8, 4) is 0 Å². The van der Waals surface area contributed by atoms with E-state index in [2.05, 4.69) is 0 Å². The van der Waals surface area contributed by atoms with E-state index >= 15 is 0 Å². The van der Waals surface area contributed by atoms with Crippen LogP contribution in [0.1, 0.15) is 30.9 Å². The first-order valence-corrected chi connectivity index (χ1v) is 9.04. The third-order valence-electron chi connectivity index (χ3n) is 5.36. The lowest BCUT2D eigenvalue weighted by Gasteiger charge is -2.34. The zero-order valence-electron chi connectivity index (χ0n) is 14.2. The van der Waals surface area contributed by atoms with E-state index in [0.717, 1.165) is 12.1 Å². The highest BCUT2D eigenvalue weighted by atomic mass is 19.1. The molecule has 0 bridgehead atoms. The molecular formula is C19H23FN2O3. The van der Waals surface area contributed by atoms with E-state index in [4.69, 9.17) is 4.74 Å². The number of benzene rings is 1. The van der Waals surface area contributed by atoms with Gasteiger partial charge in [0, 0.05) is 26.1 Å². The Hall–Kier alpha value is -1.95. The molecule has 0 N–H and O–H groups in total. The van der Waals surface area contributed by atoms with E-state index in [-0.39, 0.29) is 29.7 Å². The van der Waals surface area contributed by atoms with Crippen molar-refractivity contribution in [1.29, 1.82) is 0 Å². The Morgan fingerprint density at radius 1 is 1.20 bits per heavy atom. The molecule has 1 aromatic rings. The van der Waals surface area contributed by atoms with E-state index in [1.54, 1.807) is 17.0 Å². The van der Waals surface area contributed by atoms with Crippen LogP contribution in [-0.4, -0.2) is 54.4 Å². The molecule has 6 heteroatoms. The molecule has 1 aliphatic carbocycles. The minimum absolute atomic E-state index is 0.0436. The number of ether oxygens (including phenoxy) is 1. The van der Waals surface area contributed by atoms with Crippen LogP contribution in [0.2, 0.25) is 0 Å². The Labute approximate surface area is 146 Å². The summed E-state index contributed by atoms with van der Waals surface area (Å²) in [6.45, 7) is 2.82. The first-order valence-electron chi connectivity index (χ1n) is 9.04. The average Bonchev–Trinajstić information content (AvgIpc) is 3.37. The maximum Gasteiger partial charge on any atom is 0.228 e. The molecule has 134 valence electrons. The molecule has 1 aromatic carbocycles. The summed E-state index contributed by atoms with van der Waals surface area (Å²) in [5, 5.41) is 0. The Morgan fingerprint density at radius 2 is 1.96 bits per heavy atom. The summed E-state index contributed by atoms with van der Waals surface area (Å²) in [5.74, 6) is 0.269. The van der Waals surface area contributed by atoms with Gasteiger partial charge in [-0.05, 0) is 36.5 Å². The summed E-state index contributed by atoms with van der Waals surface area (Å²) in [6.07, 6.45) is 2.48. The molecule has 2 heterocycles. The lowest BCUT2D eigenvalue weighted by Crippen LogP contribution is -2.45. The van der Waals surface area contributed by atoms with Crippen LogP contribution in [0.4, 0.5) is 4.39 Å². The molecule has 0 aromatic heterocycles. The highest BCUT2D eigenvalue weighted by Crippen LogP contribution is 2.32. The molecule has 2 saturated heterocycles. The van der Waals surface area contributed by atoms with Crippen molar-refractivity contribution >= 4 is 11.8 Å². The van der Waals surface area contributed by atoms with Crippen molar-refractivity contribution < 1.29 is 18.7 Å². The van der Waals surface area contributed by atoms with Crippen molar-refractivity contribution in [2.45, 2.75) is 25.4 Å². The van der Waals surface area contributed by atoms with Crippen LogP contribution in [-0.2, 0) is 14.3 Å². The van der Waals surface area contributed by atoms with E-state index in [1.807, 2.05) is 4.90 Å². The fraction of sp³-hybridized carbons (Fsp3) is 0.579. The Kier molecular flexibility index (Phi) is 4.46. The van der Waals surface area contributed by atoms with Crippen molar-refractivity contribution in [3.63, 3.8) is 0 Å². The second-order valence-corrected chi connectivity index (χ2v) is 7.34. The first kappa shape index (κ1) is 16.5. The summed E-state index contributed by atoms with van der Waals surface area (Å²) in [4.78, 5) is 28.7. The lowest BCUT2D eigenvalue weighted by molar-refractivity contribution is -0.143. The summed E-state index contributed by atoms with van der Waals surface area (Å²) >= 11 is 0. The number of nitrogens with zero attached hydrogens (tertiary/aromatic N) is 2. The third-order valence-corrected chi connectivity index (χ3v) is 5.36. The predicted octanol–water partition coefficient (Wildman–Crippen LogP) is 1.98. The van der Waals surface area contributed by atoms with E-state index in [9.17, 15) is 14.0 Å². The number of morpholine rings is 1. The van der Waals surface area contributed by atoms with Crippen LogP contribution in [0, 0.1) is 17.7 Å². The second-order valence-electron chi connectivity index (χ2n) is 7.34. The molecule has 2 amide bonds. The molecule has 2 aliphatic heterocycles. The van der Waals surface area contributed by atoms with Crippen molar-refractivity contribution in [2.24, 2.45) is 11.8 Å². The Morgan fingerprint density at radius 3 is 2.68 bits per heavy atom. The number of hydrogen-bond donors (Lipinski definition) is 0. The van der Waals surface area contributed by atoms with Crippen LogP contribution >= 0.6 is 0 Å². The number of carbonyl (C=O) groups excluding carboxylic acids is 2. The van der Waals surface area contributed by atoms with Gasteiger partial charge in [-0.25, -0.2) is 4.39 Å². The minimum atomic E-state index is -0.285. The van der Waals surface area contributed by atoms with Gasteiger partial charge >= 0.3 is 0 Å². The van der Waals surface area contributed by atoms with Gasteiger partial charge in [0.15, 0.2) is 0 Å². The Bertz CT molecular complexity index is 659. The number of carbonyl (C=O) groups is 2. The molecule has 3 fully saturated rings. The fourth-order valence-corrected chi connectivity index (χ4v) is 3.71. The standard InChI is InChI=1S/C19H23FN2O3/c20-16-5-3-14(4-6-16)17-12-21(7-8-25-17)19(24)15-9-18(23)22(11-15)10-13-1-2-13/h3-6,13,15,17H,1-2,7-12H2/t15-,17+/m0/s1. The normalized spacial score (nSPS) is 27.0. The monoisotopic (exact) mass is 346 g/mol. The topological polar surface area (TPSA) is 49.9 Å². The van der Waals surface area contributed by atoms with E-state index < -0.39 is 0 Å². The van der Waals surface area contributed by atoms with Crippen LogP contribution in [0.3, 0.4) is 0 Å². The van der Waals surface area contributed by atoms with Gasteiger partial charge in [0.05, 0.1) is 19.1 Å². The smallest absolute Gasteiger partial charge is 0.228 e. The number of rotatable bonds is 4. The van der Waals surface area contributed by atoms with Gasteiger partial charge in [0.25, 0.3) is 0 Å². The molecule has 4 rings (SSSR count). The molecule has 0 radical (unpaired) electrons. The molecule has 0 spiro atoms. The molecule has 0 unspecified atom stereocenters. The van der Waals surface area contributed by atoms with Crippen LogP contribution in [0.25, 0.3) is 0 Å². The molecule has 5 nitrogen and oxygen atoms in total. The highest BCUT2D eigenvalue weighted by molar-refractivity contribution is 5.89. The van der Waals surface area contributed by atoms with Gasteiger partial charge in [-0.15, -0.1) is 0 Å².